The molecule has 7 heteroatoms. The van der Waals surface area contributed by atoms with Gasteiger partial charge in [0.25, 0.3) is 0 Å². The zero-order valence-electron chi connectivity index (χ0n) is 19.8. The molecule has 0 saturated carbocycles. The number of aliphatic hydroxyl groups is 4. The lowest BCUT2D eigenvalue weighted by molar-refractivity contribution is -0.231. The summed E-state index contributed by atoms with van der Waals surface area (Å²) >= 11 is 6.11. The van der Waals surface area contributed by atoms with Crippen LogP contribution in [-0.2, 0) is 11.2 Å². The summed E-state index contributed by atoms with van der Waals surface area (Å²) in [5.41, 5.74) is 5.72. The van der Waals surface area contributed by atoms with E-state index in [0.717, 1.165) is 33.6 Å². The molecular weight excluding hydrogens is 468 g/mol. The van der Waals surface area contributed by atoms with Crippen LogP contribution in [0.1, 0.15) is 35.3 Å². The van der Waals surface area contributed by atoms with Crippen molar-refractivity contribution >= 4 is 11.6 Å². The summed E-state index contributed by atoms with van der Waals surface area (Å²) in [6.45, 7) is 4.12. The van der Waals surface area contributed by atoms with Gasteiger partial charge in [0, 0.05) is 5.02 Å². The second-order valence-corrected chi connectivity index (χ2v) is 9.30. The highest BCUT2D eigenvalue weighted by Crippen LogP contribution is 2.37. The molecule has 0 radical (unpaired) electrons. The van der Waals surface area contributed by atoms with Crippen LogP contribution in [-0.4, -0.2) is 58.1 Å². The highest BCUT2D eigenvalue weighted by atomic mass is 35.5. The Kier molecular flexibility index (Phi) is 8.12. The van der Waals surface area contributed by atoms with Crippen molar-refractivity contribution in [3.8, 4) is 16.9 Å². The molecule has 4 N–H and O–H groups in total. The zero-order chi connectivity index (χ0) is 25.1. The molecule has 1 saturated heterocycles. The van der Waals surface area contributed by atoms with Crippen molar-refractivity contribution in [1.29, 1.82) is 0 Å². The van der Waals surface area contributed by atoms with Gasteiger partial charge in [-0.3, -0.25) is 0 Å². The molecule has 35 heavy (non-hydrogen) atoms. The lowest BCUT2D eigenvalue weighted by Gasteiger charge is -2.40. The van der Waals surface area contributed by atoms with E-state index in [-0.39, 0.29) is 0 Å². The van der Waals surface area contributed by atoms with E-state index >= 15 is 0 Å². The van der Waals surface area contributed by atoms with Crippen LogP contribution in [0.15, 0.2) is 60.7 Å². The van der Waals surface area contributed by atoms with Gasteiger partial charge in [-0.15, -0.1) is 0 Å². The lowest BCUT2D eigenvalue weighted by Crippen LogP contribution is -2.55. The maximum atomic E-state index is 10.8. The van der Waals surface area contributed by atoms with E-state index in [0.29, 0.717) is 23.6 Å². The minimum absolute atomic E-state index is 0.476. The van der Waals surface area contributed by atoms with E-state index in [1.165, 1.54) is 0 Å². The van der Waals surface area contributed by atoms with Crippen LogP contribution in [0, 0.1) is 6.92 Å². The zero-order valence-corrected chi connectivity index (χ0v) is 20.5. The summed E-state index contributed by atoms with van der Waals surface area (Å²) in [6.07, 6.45) is -5.47. The molecule has 1 aliphatic rings. The van der Waals surface area contributed by atoms with Crippen molar-refractivity contribution in [3.05, 3.63) is 87.9 Å². The summed E-state index contributed by atoms with van der Waals surface area (Å²) < 4.78 is 11.4. The lowest BCUT2D eigenvalue weighted by atomic mass is 9.85. The molecule has 4 rings (SSSR count). The van der Waals surface area contributed by atoms with Gasteiger partial charge < -0.3 is 29.9 Å². The molecule has 0 spiro atoms. The first kappa shape index (κ1) is 25.6. The number of benzene rings is 3. The fourth-order valence-corrected chi connectivity index (χ4v) is 4.67. The van der Waals surface area contributed by atoms with Crippen LogP contribution in [0.4, 0.5) is 0 Å². The van der Waals surface area contributed by atoms with E-state index < -0.39 is 37.1 Å². The van der Waals surface area contributed by atoms with Crippen molar-refractivity contribution in [2.75, 3.05) is 13.2 Å². The Balaban J connectivity index is 1.77. The fraction of sp³-hybridized carbons (Fsp3) is 0.357. The first-order valence-corrected chi connectivity index (χ1v) is 12.1. The fourth-order valence-electron chi connectivity index (χ4n) is 4.54. The molecular formula is C28H31ClO6. The van der Waals surface area contributed by atoms with Gasteiger partial charge in [-0.05, 0) is 84.0 Å². The van der Waals surface area contributed by atoms with Gasteiger partial charge in [-0.1, -0.05) is 41.9 Å². The summed E-state index contributed by atoms with van der Waals surface area (Å²) in [5, 5.41) is 41.6. The average Bonchev–Trinajstić information content (AvgIpc) is 2.86. The molecule has 186 valence electrons. The molecule has 1 heterocycles. The Morgan fingerprint density at radius 1 is 0.914 bits per heavy atom. The van der Waals surface area contributed by atoms with Gasteiger partial charge in [0.15, 0.2) is 0 Å². The second-order valence-electron chi connectivity index (χ2n) is 8.86. The number of aliphatic hydroxyl groups excluding tert-OH is 4. The number of ether oxygens (including phenoxy) is 2. The Labute approximate surface area is 210 Å². The van der Waals surface area contributed by atoms with Crippen LogP contribution in [0.3, 0.4) is 0 Å². The molecule has 0 bridgehead atoms. The van der Waals surface area contributed by atoms with Gasteiger partial charge in [0.05, 0.1) is 13.2 Å². The van der Waals surface area contributed by atoms with Crippen LogP contribution in [0.2, 0.25) is 5.02 Å². The van der Waals surface area contributed by atoms with Crippen molar-refractivity contribution < 1.29 is 29.9 Å². The van der Waals surface area contributed by atoms with E-state index in [2.05, 4.69) is 0 Å². The van der Waals surface area contributed by atoms with Crippen molar-refractivity contribution in [2.45, 2.75) is 50.8 Å². The highest BCUT2D eigenvalue weighted by molar-refractivity contribution is 6.30. The first-order chi connectivity index (χ1) is 16.8. The van der Waals surface area contributed by atoms with E-state index in [1.807, 2.05) is 74.5 Å². The minimum Gasteiger partial charge on any atom is -0.494 e. The number of hydrogen-bond acceptors (Lipinski definition) is 6. The van der Waals surface area contributed by atoms with Gasteiger partial charge >= 0.3 is 0 Å². The Hall–Kier alpha value is -2.45. The third-order valence-electron chi connectivity index (χ3n) is 6.54. The van der Waals surface area contributed by atoms with Crippen molar-refractivity contribution in [3.63, 3.8) is 0 Å². The Morgan fingerprint density at radius 2 is 1.60 bits per heavy atom. The standard InChI is InChI=1S/C28H31ClO6/c1-3-34-22-10-4-17(5-11-22)12-19-13-20(28-27(33)26(32)25(31)24(15-30)35-28)14-23(16(19)2)18-6-8-21(29)9-7-18/h4-11,13-14,24-28,30-33H,3,12,15H2,1-2H3. The molecule has 0 amide bonds. The van der Waals surface area contributed by atoms with Crippen molar-refractivity contribution in [2.24, 2.45) is 0 Å². The van der Waals surface area contributed by atoms with Crippen LogP contribution >= 0.6 is 11.6 Å². The highest BCUT2D eigenvalue weighted by Gasteiger charge is 2.44. The molecule has 3 aromatic carbocycles. The number of halogens is 1. The van der Waals surface area contributed by atoms with Gasteiger partial charge in [0.2, 0.25) is 0 Å². The monoisotopic (exact) mass is 498 g/mol. The maximum Gasteiger partial charge on any atom is 0.119 e. The van der Waals surface area contributed by atoms with E-state index in [4.69, 9.17) is 21.1 Å². The summed E-state index contributed by atoms with van der Waals surface area (Å²) in [6, 6.07) is 19.3. The van der Waals surface area contributed by atoms with Crippen LogP contribution in [0.25, 0.3) is 11.1 Å². The quantitative estimate of drug-likeness (QED) is 0.395. The number of rotatable bonds is 7. The summed E-state index contributed by atoms with van der Waals surface area (Å²) in [5.74, 6) is 0.810. The molecule has 1 fully saturated rings. The van der Waals surface area contributed by atoms with Crippen molar-refractivity contribution in [1.82, 2.24) is 0 Å². The average molecular weight is 499 g/mol. The topological polar surface area (TPSA) is 99.4 Å². The van der Waals surface area contributed by atoms with E-state index in [1.54, 1.807) is 0 Å². The van der Waals surface area contributed by atoms with E-state index in [9.17, 15) is 20.4 Å². The predicted octanol–water partition coefficient (Wildman–Crippen LogP) is 3.82. The third-order valence-corrected chi connectivity index (χ3v) is 6.79. The summed E-state index contributed by atoms with van der Waals surface area (Å²) in [7, 11) is 0. The van der Waals surface area contributed by atoms with Crippen LogP contribution < -0.4 is 4.74 Å². The maximum absolute atomic E-state index is 10.8. The normalized spacial score (nSPS) is 24.4. The molecule has 0 aromatic heterocycles. The Bertz CT molecular complexity index is 1130. The van der Waals surface area contributed by atoms with Gasteiger partial charge in [-0.2, -0.15) is 0 Å². The van der Waals surface area contributed by atoms with Gasteiger partial charge in [0.1, 0.15) is 36.3 Å². The van der Waals surface area contributed by atoms with Gasteiger partial charge in [-0.25, -0.2) is 0 Å². The Morgan fingerprint density at radius 3 is 2.23 bits per heavy atom. The molecule has 6 nitrogen and oxygen atoms in total. The number of hydrogen-bond donors (Lipinski definition) is 4. The summed E-state index contributed by atoms with van der Waals surface area (Å²) in [4.78, 5) is 0. The molecule has 5 unspecified atom stereocenters. The molecule has 3 aromatic rings. The smallest absolute Gasteiger partial charge is 0.119 e. The third kappa shape index (κ3) is 5.54. The predicted molar refractivity (Wildman–Crippen MR) is 135 cm³/mol. The SMILES string of the molecule is CCOc1ccc(Cc2cc(C3OC(CO)C(O)C(O)C3O)cc(-c3ccc(Cl)cc3)c2C)cc1. The minimum atomic E-state index is -1.44. The molecule has 0 aliphatic carbocycles. The van der Waals surface area contributed by atoms with Crippen LogP contribution in [0.5, 0.6) is 5.75 Å². The molecule has 5 atom stereocenters. The largest absolute Gasteiger partial charge is 0.494 e. The molecule has 1 aliphatic heterocycles. The first-order valence-electron chi connectivity index (χ1n) is 11.7. The second kappa shape index (κ2) is 11.1.